The van der Waals surface area contributed by atoms with E-state index in [1.54, 1.807) is 17.5 Å². The lowest BCUT2D eigenvalue weighted by Crippen LogP contribution is -2.40. The number of aryl methyl sites for hydroxylation is 2. The van der Waals surface area contributed by atoms with Crippen LogP contribution in [0.15, 0.2) is 24.5 Å². The minimum absolute atomic E-state index is 0.160. The number of aromatic nitrogens is 2. The molecule has 24 heavy (non-hydrogen) atoms. The molecule has 1 amide bonds. The Labute approximate surface area is 146 Å². The van der Waals surface area contributed by atoms with Crippen molar-refractivity contribution in [2.45, 2.75) is 44.9 Å². The van der Waals surface area contributed by atoms with Crippen LogP contribution in [0.3, 0.4) is 0 Å². The van der Waals surface area contributed by atoms with Gasteiger partial charge in [-0.05, 0) is 50.7 Å². The molecule has 0 radical (unpaired) electrons. The molecule has 0 spiro atoms. The van der Waals surface area contributed by atoms with E-state index in [1.807, 2.05) is 12.3 Å². The van der Waals surface area contributed by atoms with E-state index in [0.29, 0.717) is 17.7 Å². The molecule has 0 aromatic carbocycles. The molecule has 1 saturated carbocycles. The van der Waals surface area contributed by atoms with Crippen LogP contribution in [0.25, 0.3) is 0 Å². The Bertz CT molecular complexity index is 723. The zero-order valence-corrected chi connectivity index (χ0v) is 15.1. The molecule has 1 aliphatic heterocycles. The van der Waals surface area contributed by atoms with Crippen molar-refractivity contribution in [2.24, 2.45) is 5.92 Å². The van der Waals surface area contributed by atoms with E-state index in [-0.39, 0.29) is 5.92 Å². The fraction of sp³-hybridized carbons (Fsp3) is 0.526. The molecule has 1 aliphatic carbocycles. The van der Waals surface area contributed by atoms with Crippen molar-refractivity contribution in [2.75, 3.05) is 13.1 Å². The SMILES string of the molecule is Cc1nc([C@@H]2CCCN(C(=O)[C@H]3C[C@@H]3c3cccnc3)C2)sc1C. The maximum atomic E-state index is 12.9. The first-order chi connectivity index (χ1) is 11.6. The van der Waals surface area contributed by atoms with Gasteiger partial charge in [0.2, 0.25) is 5.91 Å². The Balaban J connectivity index is 1.42. The van der Waals surface area contributed by atoms with E-state index in [9.17, 15) is 4.79 Å². The standard InChI is InChI=1S/C19H23N3OS/c1-12-13(2)24-18(21-12)15-6-4-8-22(11-15)19(23)17-9-16(17)14-5-3-7-20-10-14/h3,5,7,10,15-17H,4,6,8-9,11H2,1-2H3/t15-,16-,17+/m1/s1. The predicted octanol–water partition coefficient (Wildman–Crippen LogP) is 3.66. The highest BCUT2D eigenvalue weighted by atomic mass is 32.1. The second-order valence-electron chi connectivity index (χ2n) is 7.05. The molecule has 2 aromatic heterocycles. The summed E-state index contributed by atoms with van der Waals surface area (Å²) in [5.74, 6) is 1.28. The topological polar surface area (TPSA) is 46.1 Å². The average Bonchev–Trinajstić information content (AvgIpc) is 3.35. The molecular formula is C19H23N3OS. The van der Waals surface area contributed by atoms with Crippen LogP contribution in [0.4, 0.5) is 0 Å². The smallest absolute Gasteiger partial charge is 0.226 e. The van der Waals surface area contributed by atoms with E-state index in [0.717, 1.165) is 38.0 Å². The Kier molecular flexibility index (Phi) is 4.12. The lowest BCUT2D eigenvalue weighted by Gasteiger charge is -2.32. The molecule has 2 aliphatic rings. The van der Waals surface area contributed by atoms with Crippen molar-refractivity contribution in [3.63, 3.8) is 0 Å². The summed E-state index contributed by atoms with van der Waals surface area (Å²) in [5, 5.41) is 1.21. The van der Waals surface area contributed by atoms with Gasteiger partial charge in [-0.25, -0.2) is 4.98 Å². The van der Waals surface area contributed by atoms with Crippen LogP contribution in [0, 0.1) is 19.8 Å². The van der Waals surface area contributed by atoms with Gasteiger partial charge in [-0.15, -0.1) is 11.3 Å². The van der Waals surface area contributed by atoms with E-state index in [1.165, 1.54) is 15.4 Å². The molecule has 0 bridgehead atoms. The second kappa shape index (κ2) is 6.28. The summed E-state index contributed by atoms with van der Waals surface area (Å²) in [6, 6.07) is 4.05. The Hall–Kier alpha value is -1.75. The highest BCUT2D eigenvalue weighted by Gasteiger charge is 2.46. The number of thiazole rings is 1. The maximum Gasteiger partial charge on any atom is 0.226 e. The number of amides is 1. The third-order valence-corrected chi connectivity index (χ3v) is 6.58. The number of carbonyl (C=O) groups is 1. The molecule has 3 atom stereocenters. The molecule has 126 valence electrons. The number of pyridine rings is 1. The lowest BCUT2D eigenvalue weighted by atomic mass is 9.98. The number of likely N-dealkylation sites (tertiary alicyclic amines) is 1. The quantitative estimate of drug-likeness (QED) is 0.856. The van der Waals surface area contributed by atoms with Crippen molar-refractivity contribution in [3.8, 4) is 0 Å². The first-order valence-corrected chi connectivity index (χ1v) is 9.57. The van der Waals surface area contributed by atoms with Crippen molar-refractivity contribution < 1.29 is 4.79 Å². The maximum absolute atomic E-state index is 12.9. The van der Waals surface area contributed by atoms with Crippen LogP contribution in [-0.2, 0) is 4.79 Å². The summed E-state index contributed by atoms with van der Waals surface area (Å²) in [5.41, 5.74) is 2.34. The van der Waals surface area contributed by atoms with Crippen LogP contribution < -0.4 is 0 Å². The van der Waals surface area contributed by atoms with Crippen LogP contribution in [-0.4, -0.2) is 33.9 Å². The predicted molar refractivity (Wildman–Crippen MR) is 95.2 cm³/mol. The normalized spacial score (nSPS) is 26.4. The molecule has 2 fully saturated rings. The molecule has 4 nitrogen and oxygen atoms in total. The molecule has 1 saturated heterocycles. The molecular weight excluding hydrogens is 318 g/mol. The van der Waals surface area contributed by atoms with Crippen molar-refractivity contribution in [3.05, 3.63) is 45.7 Å². The van der Waals surface area contributed by atoms with Crippen LogP contribution in [0.5, 0.6) is 0 Å². The van der Waals surface area contributed by atoms with Crippen LogP contribution in [0.2, 0.25) is 0 Å². The number of rotatable bonds is 3. The van der Waals surface area contributed by atoms with Gasteiger partial charge in [0.05, 0.1) is 10.7 Å². The minimum Gasteiger partial charge on any atom is -0.342 e. The number of piperidine rings is 1. The third-order valence-electron chi connectivity index (χ3n) is 5.35. The Morgan fingerprint density at radius 2 is 2.25 bits per heavy atom. The van der Waals surface area contributed by atoms with Crippen LogP contribution in [0.1, 0.15) is 52.2 Å². The molecule has 0 unspecified atom stereocenters. The van der Waals surface area contributed by atoms with Crippen molar-refractivity contribution in [1.29, 1.82) is 0 Å². The summed E-state index contributed by atoms with van der Waals surface area (Å²) in [4.78, 5) is 25.2. The number of hydrogen-bond acceptors (Lipinski definition) is 4. The molecule has 4 rings (SSSR count). The number of nitrogens with zero attached hydrogens (tertiary/aromatic N) is 3. The first-order valence-electron chi connectivity index (χ1n) is 8.76. The van der Waals surface area contributed by atoms with Gasteiger partial charge in [-0.1, -0.05) is 6.07 Å². The summed E-state index contributed by atoms with van der Waals surface area (Å²) >= 11 is 1.80. The number of hydrogen-bond donors (Lipinski definition) is 0. The van der Waals surface area contributed by atoms with Gasteiger partial charge in [-0.3, -0.25) is 9.78 Å². The first kappa shape index (κ1) is 15.8. The van der Waals surface area contributed by atoms with Crippen LogP contribution >= 0.6 is 11.3 Å². The highest BCUT2D eigenvalue weighted by Crippen LogP contribution is 2.48. The fourth-order valence-electron chi connectivity index (χ4n) is 3.72. The molecule has 2 aromatic rings. The van der Waals surface area contributed by atoms with E-state index < -0.39 is 0 Å². The summed E-state index contributed by atoms with van der Waals surface area (Å²) < 4.78 is 0. The Morgan fingerprint density at radius 3 is 2.96 bits per heavy atom. The average molecular weight is 341 g/mol. The zero-order valence-electron chi connectivity index (χ0n) is 14.2. The van der Waals surface area contributed by atoms with Gasteiger partial charge in [-0.2, -0.15) is 0 Å². The van der Waals surface area contributed by atoms with Crippen molar-refractivity contribution in [1.82, 2.24) is 14.9 Å². The second-order valence-corrected chi connectivity index (χ2v) is 8.29. The van der Waals surface area contributed by atoms with Gasteiger partial charge in [0.15, 0.2) is 0 Å². The highest BCUT2D eigenvalue weighted by molar-refractivity contribution is 7.11. The summed E-state index contributed by atoms with van der Waals surface area (Å²) in [7, 11) is 0. The minimum atomic E-state index is 0.160. The van der Waals surface area contributed by atoms with E-state index in [2.05, 4.69) is 29.8 Å². The molecule has 5 heteroatoms. The van der Waals surface area contributed by atoms with Gasteiger partial charge in [0.1, 0.15) is 0 Å². The third kappa shape index (κ3) is 2.97. The zero-order chi connectivity index (χ0) is 16.7. The lowest BCUT2D eigenvalue weighted by molar-refractivity contribution is -0.133. The largest absolute Gasteiger partial charge is 0.342 e. The molecule has 3 heterocycles. The van der Waals surface area contributed by atoms with Gasteiger partial charge in [0.25, 0.3) is 0 Å². The summed E-state index contributed by atoms with van der Waals surface area (Å²) in [6.45, 7) is 5.94. The summed E-state index contributed by atoms with van der Waals surface area (Å²) in [6.07, 6.45) is 6.89. The Morgan fingerprint density at radius 1 is 1.38 bits per heavy atom. The monoisotopic (exact) mass is 341 g/mol. The van der Waals surface area contributed by atoms with Gasteiger partial charge in [0, 0.05) is 42.2 Å². The van der Waals surface area contributed by atoms with Crippen molar-refractivity contribution >= 4 is 17.2 Å². The fourth-order valence-corrected chi connectivity index (χ4v) is 4.77. The van der Waals surface area contributed by atoms with E-state index >= 15 is 0 Å². The van der Waals surface area contributed by atoms with Gasteiger partial charge < -0.3 is 4.90 Å². The number of carbonyl (C=O) groups excluding carboxylic acids is 1. The van der Waals surface area contributed by atoms with E-state index in [4.69, 9.17) is 4.98 Å². The van der Waals surface area contributed by atoms with Gasteiger partial charge >= 0.3 is 0 Å². The molecule has 0 N–H and O–H groups in total.